The molecule has 1 aromatic carbocycles. The molecule has 3 rings (SSSR count). The lowest BCUT2D eigenvalue weighted by Crippen LogP contribution is -2.23. The zero-order chi connectivity index (χ0) is 15.7. The number of rotatable bonds is 5. The second-order valence-electron chi connectivity index (χ2n) is 6.21. The maximum atomic E-state index is 12.0. The monoisotopic (exact) mass is 299 g/mol. The van der Waals surface area contributed by atoms with E-state index in [9.17, 15) is 4.79 Å². The van der Waals surface area contributed by atoms with Gasteiger partial charge in [0.1, 0.15) is 0 Å². The minimum atomic E-state index is -0.214. The molecule has 1 fully saturated rings. The number of amides is 1. The third kappa shape index (κ3) is 3.01. The number of nitrogens with one attached hydrogen (secondary N) is 1. The molecule has 0 saturated heterocycles. The highest BCUT2D eigenvalue weighted by Crippen LogP contribution is 2.42. The Kier molecular flexibility index (Phi) is 3.70. The summed E-state index contributed by atoms with van der Waals surface area (Å²) < 4.78 is 1.67. The Morgan fingerprint density at radius 3 is 2.59 bits per heavy atom. The van der Waals surface area contributed by atoms with Gasteiger partial charge in [-0.3, -0.25) is 4.79 Å². The van der Waals surface area contributed by atoms with Crippen LogP contribution in [0, 0.1) is 0 Å². The van der Waals surface area contributed by atoms with Crippen molar-refractivity contribution in [3.05, 3.63) is 47.3 Å². The number of benzene rings is 1. The highest BCUT2D eigenvalue weighted by Gasteiger charge is 2.39. The van der Waals surface area contributed by atoms with E-state index in [0.717, 1.165) is 18.4 Å². The normalized spacial score (nSPS) is 15.8. The van der Waals surface area contributed by atoms with Crippen molar-refractivity contribution in [2.45, 2.75) is 44.8 Å². The quantitative estimate of drug-likeness (QED) is 0.880. The van der Waals surface area contributed by atoms with Crippen LogP contribution < -0.4 is 11.1 Å². The fraction of sp³-hybridized carbons (Fsp3) is 0.438. The van der Waals surface area contributed by atoms with Crippen LogP contribution in [0.2, 0.25) is 0 Å². The lowest BCUT2D eigenvalue weighted by molar-refractivity contribution is 0.0946. The molecule has 1 heterocycles. The molecule has 6 nitrogen and oxygen atoms in total. The fourth-order valence-corrected chi connectivity index (χ4v) is 2.28. The van der Waals surface area contributed by atoms with Crippen molar-refractivity contribution < 1.29 is 4.79 Å². The second-order valence-corrected chi connectivity index (χ2v) is 6.21. The molecule has 1 aliphatic rings. The van der Waals surface area contributed by atoms with Gasteiger partial charge in [0.2, 0.25) is 0 Å². The molecule has 116 valence electrons. The zero-order valence-electron chi connectivity index (χ0n) is 12.9. The number of carbonyl (C=O) groups excluding carboxylic acids is 1. The second kappa shape index (κ2) is 5.53. The first-order valence-electron chi connectivity index (χ1n) is 7.56. The Morgan fingerprint density at radius 2 is 2.05 bits per heavy atom. The van der Waals surface area contributed by atoms with E-state index in [1.54, 1.807) is 10.9 Å². The molecule has 0 bridgehead atoms. The molecule has 1 amide bonds. The first-order chi connectivity index (χ1) is 10.5. The minimum Gasteiger partial charge on any atom is -0.347 e. The average molecular weight is 299 g/mol. The molecule has 6 heteroatoms. The summed E-state index contributed by atoms with van der Waals surface area (Å²) in [5.74, 6) is -0.214. The van der Waals surface area contributed by atoms with E-state index in [1.807, 2.05) is 38.1 Å². The van der Waals surface area contributed by atoms with Crippen LogP contribution in [-0.2, 0) is 12.1 Å². The van der Waals surface area contributed by atoms with Crippen molar-refractivity contribution in [3.63, 3.8) is 0 Å². The Morgan fingerprint density at radius 1 is 1.36 bits per heavy atom. The summed E-state index contributed by atoms with van der Waals surface area (Å²) in [6.45, 7) is 4.44. The van der Waals surface area contributed by atoms with Gasteiger partial charge in [0.05, 0.1) is 6.20 Å². The maximum Gasteiger partial charge on any atom is 0.273 e. The minimum absolute atomic E-state index is 0.114. The van der Waals surface area contributed by atoms with E-state index in [0.29, 0.717) is 12.2 Å². The highest BCUT2D eigenvalue weighted by atomic mass is 16.2. The molecule has 22 heavy (non-hydrogen) atoms. The van der Waals surface area contributed by atoms with Gasteiger partial charge in [0.25, 0.3) is 5.91 Å². The summed E-state index contributed by atoms with van der Waals surface area (Å²) in [6.07, 6.45) is 3.76. The SMILES string of the molecule is CC(C)n1cc(C(=O)NCc2ccc(C3(N)CC3)cc2)nn1. The molecule has 0 radical (unpaired) electrons. The third-order valence-corrected chi connectivity index (χ3v) is 4.04. The van der Waals surface area contributed by atoms with Crippen LogP contribution in [-0.4, -0.2) is 20.9 Å². The van der Waals surface area contributed by atoms with Crippen LogP contribution >= 0.6 is 0 Å². The average Bonchev–Trinajstić information content (AvgIpc) is 3.06. The van der Waals surface area contributed by atoms with Gasteiger partial charge in [-0.2, -0.15) is 0 Å². The lowest BCUT2D eigenvalue weighted by atomic mass is 10.0. The van der Waals surface area contributed by atoms with Gasteiger partial charge < -0.3 is 11.1 Å². The third-order valence-electron chi connectivity index (χ3n) is 4.04. The van der Waals surface area contributed by atoms with Gasteiger partial charge >= 0.3 is 0 Å². The summed E-state index contributed by atoms with van der Waals surface area (Å²) in [7, 11) is 0. The Balaban J connectivity index is 1.58. The van der Waals surface area contributed by atoms with Gasteiger partial charge in [0, 0.05) is 18.1 Å². The first kappa shape index (κ1) is 14.7. The van der Waals surface area contributed by atoms with Crippen LogP contribution in [0.4, 0.5) is 0 Å². The molecule has 0 unspecified atom stereocenters. The van der Waals surface area contributed by atoms with Crippen LogP contribution in [0.5, 0.6) is 0 Å². The van der Waals surface area contributed by atoms with E-state index in [1.165, 1.54) is 5.56 Å². The van der Waals surface area contributed by atoms with Gasteiger partial charge in [-0.1, -0.05) is 29.5 Å². The number of hydrogen-bond donors (Lipinski definition) is 2. The van der Waals surface area contributed by atoms with Crippen molar-refractivity contribution in [1.29, 1.82) is 0 Å². The van der Waals surface area contributed by atoms with Crippen LogP contribution in [0.3, 0.4) is 0 Å². The molecule has 2 aromatic rings. The molecule has 0 spiro atoms. The van der Waals surface area contributed by atoms with Crippen molar-refractivity contribution in [3.8, 4) is 0 Å². The number of aromatic nitrogens is 3. The van der Waals surface area contributed by atoms with E-state index >= 15 is 0 Å². The number of carbonyl (C=O) groups is 1. The molecule has 0 atom stereocenters. The Hall–Kier alpha value is -2.21. The summed E-state index contributed by atoms with van der Waals surface area (Å²) >= 11 is 0. The van der Waals surface area contributed by atoms with Crippen molar-refractivity contribution in [2.24, 2.45) is 5.73 Å². The van der Waals surface area contributed by atoms with E-state index < -0.39 is 0 Å². The van der Waals surface area contributed by atoms with Gasteiger partial charge in [-0.05, 0) is 37.8 Å². The van der Waals surface area contributed by atoms with Crippen LogP contribution in [0.25, 0.3) is 0 Å². The van der Waals surface area contributed by atoms with E-state index in [-0.39, 0.29) is 17.5 Å². The smallest absolute Gasteiger partial charge is 0.273 e. The Bertz CT molecular complexity index is 670. The molecule has 1 aliphatic carbocycles. The molecule has 3 N–H and O–H groups in total. The standard InChI is InChI=1S/C16H21N5O/c1-11(2)21-10-14(19-20-21)15(22)18-9-12-3-5-13(6-4-12)16(17)7-8-16/h3-6,10-11H,7-9,17H2,1-2H3,(H,18,22). The maximum absolute atomic E-state index is 12.0. The summed E-state index contributed by atoms with van der Waals surface area (Å²) in [5.41, 5.74) is 8.59. The molecule has 1 saturated carbocycles. The van der Waals surface area contributed by atoms with E-state index in [2.05, 4.69) is 15.6 Å². The van der Waals surface area contributed by atoms with Crippen molar-refractivity contribution in [1.82, 2.24) is 20.3 Å². The molecule has 0 aliphatic heterocycles. The highest BCUT2D eigenvalue weighted by molar-refractivity contribution is 5.91. The fourth-order valence-electron chi connectivity index (χ4n) is 2.28. The summed E-state index contributed by atoms with van der Waals surface area (Å²) in [4.78, 5) is 12.0. The van der Waals surface area contributed by atoms with Gasteiger partial charge in [-0.15, -0.1) is 5.10 Å². The van der Waals surface area contributed by atoms with E-state index in [4.69, 9.17) is 5.73 Å². The predicted octanol–water partition coefficient (Wildman–Crippen LogP) is 1.74. The summed E-state index contributed by atoms with van der Waals surface area (Å²) in [6, 6.07) is 8.29. The predicted molar refractivity (Wildman–Crippen MR) is 83.1 cm³/mol. The zero-order valence-corrected chi connectivity index (χ0v) is 12.9. The van der Waals surface area contributed by atoms with Gasteiger partial charge in [-0.25, -0.2) is 4.68 Å². The molecule has 1 aromatic heterocycles. The topological polar surface area (TPSA) is 85.8 Å². The largest absolute Gasteiger partial charge is 0.347 e. The van der Waals surface area contributed by atoms with Gasteiger partial charge in [0.15, 0.2) is 5.69 Å². The number of nitrogens with two attached hydrogens (primary N) is 1. The molecular weight excluding hydrogens is 278 g/mol. The van der Waals surface area contributed by atoms with Crippen molar-refractivity contribution >= 4 is 5.91 Å². The summed E-state index contributed by atoms with van der Waals surface area (Å²) in [5, 5.41) is 10.7. The number of hydrogen-bond acceptors (Lipinski definition) is 4. The van der Waals surface area contributed by atoms with Crippen molar-refractivity contribution in [2.75, 3.05) is 0 Å². The first-order valence-corrected chi connectivity index (χ1v) is 7.56. The molecular formula is C16H21N5O. The Labute approximate surface area is 129 Å². The lowest BCUT2D eigenvalue weighted by Gasteiger charge is -2.10. The van der Waals surface area contributed by atoms with Crippen LogP contribution in [0.1, 0.15) is 54.3 Å². The number of nitrogens with zero attached hydrogens (tertiary/aromatic N) is 3. The van der Waals surface area contributed by atoms with Crippen LogP contribution in [0.15, 0.2) is 30.5 Å².